The summed E-state index contributed by atoms with van der Waals surface area (Å²) in [7, 11) is 0. The van der Waals surface area contributed by atoms with Crippen molar-refractivity contribution in [1.29, 1.82) is 0 Å². The van der Waals surface area contributed by atoms with Crippen LogP contribution in [-0.4, -0.2) is 36.2 Å². The van der Waals surface area contributed by atoms with Crippen molar-refractivity contribution in [3.63, 3.8) is 0 Å². The summed E-state index contributed by atoms with van der Waals surface area (Å²) in [6.07, 6.45) is 3.65. The van der Waals surface area contributed by atoms with E-state index in [-0.39, 0.29) is 6.10 Å². The number of hydrogen-bond donors (Lipinski definition) is 2. The third-order valence-corrected chi connectivity index (χ3v) is 3.97. The number of urea groups is 1. The SMILES string of the molecule is CC(C)Oc1ccccc1CN1CCCCC1CNC(N)=O. The van der Waals surface area contributed by atoms with E-state index in [1.165, 1.54) is 18.4 Å². The molecule has 5 heteroatoms. The average molecular weight is 305 g/mol. The summed E-state index contributed by atoms with van der Waals surface area (Å²) in [5, 5.41) is 2.74. The molecule has 122 valence electrons. The van der Waals surface area contributed by atoms with E-state index in [1.54, 1.807) is 0 Å². The normalized spacial score (nSPS) is 19.1. The maximum Gasteiger partial charge on any atom is 0.312 e. The van der Waals surface area contributed by atoms with Crippen LogP contribution in [0.25, 0.3) is 0 Å². The van der Waals surface area contributed by atoms with Gasteiger partial charge in [-0.15, -0.1) is 0 Å². The monoisotopic (exact) mass is 305 g/mol. The molecule has 1 aromatic carbocycles. The van der Waals surface area contributed by atoms with Crippen LogP contribution in [0.5, 0.6) is 5.75 Å². The molecule has 1 atom stereocenters. The van der Waals surface area contributed by atoms with Gasteiger partial charge in [0.2, 0.25) is 0 Å². The number of ether oxygens (including phenoxy) is 1. The predicted molar refractivity (Wildman–Crippen MR) is 87.8 cm³/mol. The number of likely N-dealkylation sites (tertiary alicyclic amines) is 1. The second-order valence-electron chi connectivity index (χ2n) is 6.14. The second kappa shape index (κ2) is 8.03. The summed E-state index contributed by atoms with van der Waals surface area (Å²) in [5.74, 6) is 0.949. The van der Waals surface area contributed by atoms with E-state index in [0.717, 1.165) is 25.3 Å². The summed E-state index contributed by atoms with van der Waals surface area (Å²) in [4.78, 5) is 13.4. The van der Waals surface area contributed by atoms with E-state index in [2.05, 4.69) is 16.3 Å². The van der Waals surface area contributed by atoms with Gasteiger partial charge in [-0.2, -0.15) is 0 Å². The van der Waals surface area contributed by atoms with E-state index < -0.39 is 6.03 Å². The molecule has 0 spiro atoms. The number of primary amides is 1. The zero-order valence-electron chi connectivity index (χ0n) is 13.5. The maximum atomic E-state index is 11.0. The van der Waals surface area contributed by atoms with Gasteiger partial charge < -0.3 is 15.8 Å². The fraction of sp³-hybridized carbons (Fsp3) is 0.588. The molecule has 3 N–H and O–H groups in total. The summed E-state index contributed by atoms with van der Waals surface area (Å²) in [6, 6.07) is 8.08. The number of nitrogens with one attached hydrogen (secondary N) is 1. The van der Waals surface area contributed by atoms with Gasteiger partial charge in [-0.1, -0.05) is 24.6 Å². The highest BCUT2D eigenvalue weighted by atomic mass is 16.5. The minimum atomic E-state index is -0.450. The van der Waals surface area contributed by atoms with Gasteiger partial charge in [0.25, 0.3) is 0 Å². The molecule has 1 aliphatic rings. The Morgan fingerprint density at radius 3 is 2.91 bits per heavy atom. The number of piperidine rings is 1. The third kappa shape index (κ3) is 4.91. The molecule has 1 aromatic rings. The summed E-state index contributed by atoms with van der Waals surface area (Å²) in [6.45, 7) is 6.58. The molecule has 0 radical (unpaired) electrons. The molecule has 0 aliphatic carbocycles. The molecule has 1 heterocycles. The molecule has 1 saturated heterocycles. The Hall–Kier alpha value is -1.75. The Morgan fingerprint density at radius 1 is 1.41 bits per heavy atom. The Labute approximate surface area is 132 Å². The van der Waals surface area contributed by atoms with Crippen LogP contribution >= 0.6 is 0 Å². The molecular formula is C17H27N3O2. The number of para-hydroxylation sites is 1. The predicted octanol–water partition coefficient (Wildman–Crippen LogP) is 2.50. The van der Waals surface area contributed by atoms with Crippen LogP contribution in [-0.2, 0) is 6.54 Å². The Morgan fingerprint density at radius 2 is 2.18 bits per heavy atom. The molecular weight excluding hydrogens is 278 g/mol. The van der Waals surface area contributed by atoms with Gasteiger partial charge in [-0.25, -0.2) is 4.79 Å². The molecule has 5 nitrogen and oxygen atoms in total. The van der Waals surface area contributed by atoms with Gasteiger partial charge in [-0.3, -0.25) is 4.90 Å². The van der Waals surface area contributed by atoms with Crippen LogP contribution in [0.2, 0.25) is 0 Å². The number of amides is 2. The molecule has 0 bridgehead atoms. The largest absolute Gasteiger partial charge is 0.491 e. The van der Waals surface area contributed by atoms with Gasteiger partial charge in [-0.05, 0) is 39.3 Å². The first-order valence-electron chi connectivity index (χ1n) is 8.08. The smallest absolute Gasteiger partial charge is 0.312 e. The third-order valence-electron chi connectivity index (χ3n) is 3.97. The summed E-state index contributed by atoms with van der Waals surface area (Å²) < 4.78 is 5.90. The van der Waals surface area contributed by atoms with Crippen molar-refractivity contribution in [2.75, 3.05) is 13.1 Å². The van der Waals surface area contributed by atoms with Crippen LogP contribution in [0.3, 0.4) is 0 Å². The zero-order chi connectivity index (χ0) is 15.9. The lowest BCUT2D eigenvalue weighted by molar-refractivity contribution is 0.135. The van der Waals surface area contributed by atoms with Gasteiger partial charge in [0, 0.05) is 24.7 Å². The first-order valence-corrected chi connectivity index (χ1v) is 8.08. The Kier molecular flexibility index (Phi) is 6.07. The topological polar surface area (TPSA) is 67.6 Å². The van der Waals surface area contributed by atoms with Gasteiger partial charge in [0.1, 0.15) is 5.75 Å². The number of benzene rings is 1. The van der Waals surface area contributed by atoms with Crippen LogP contribution in [0, 0.1) is 0 Å². The highest BCUT2D eigenvalue weighted by Gasteiger charge is 2.23. The van der Waals surface area contributed by atoms with Crippen molar-refractivity contribution in [1.82, 2.24) is 10.2 Å². The van der Waals surface area contributed by atoms with Crippen molar-refractivity contribution >= 4 is 6.03 Å². The van der Waals surface area contributed by atoms with Crippen molar-refractivity contribution in [2.24, 2.45) is 5.73 Å². The van der Waals surface area contributed by atoms with Crippen LogP contribution in [0.1, 0.15) is 38.7 Å². The van der Waals surface area contributed by atoms with Crippen LogP contribution in [0.15, 0.2) is 24.3 Å². The van der Waals surface area contributed by atoms with Crippen molar-refractivity contribution in [3.05, 3.63) is 29.8 Å². The number of nitrogens with zero attached hydrogens (tertiary/aromatic N) is 1. The van der Waals surface area contributed by atoms with E-state index in [9.17, 15) is 4.79 Å². The highest BCUT2D eigenvalue weighted by Crippen LogP contribution is 2.25. The highest BCUT2D eigenvalue weighted by molar-refractivity contribution is 5.71. The van der Waals surface area contributed by atoms with E-state index in [0.29, 0.717) is 12.6 Å². The number of hydrogen-bond acceptors (Lipinski definition) is 3. The minimum Gasteiger partial charge on any atom is -0.491 e. The molecule has 2 rings (SSSR count). The number of rotatable bonds is 6. The lowest BCUT2D eigenvalue weighted by Crippen LogP contribution is -2.47. The average Bonchev–Trinajstić information content (AvgIpc) is 2.48. The fourth-order valence-corrected chi connectivity index (χ4v) is 2.94. The van der Waals surface area contributed by atoms with E-state index in [1.807, 2.05) is 32.0 Å². The molecule has 1 aliphatic heterocycles. The Bertz CT molecular complexity index is 491. The summed E-state index contributed by atoms with van der Waals surface area (Å²) >= 11 is 0. The lowest BCUT2D eigenvalue weighted by atomic mass is 10.0. The summed E-state index contributed by atoms with van der Waals surface area (Å²) in [5.41, 5.74) is 6.39. The molecule has 22 heavy (non-hydrogen) atoms. The minimum absolute atomic E-state index is 0.162. The standard InChI is InChI=1S/C17H27N3O2/c1-13(2)22-16-9-4-3-7-14(16)12-20-10-6-5-8-15(20)11-19-17(18)21/h3-4,7,9,13,15H,5-6,8,10-12H2,1-2H3,(H3,18,19,21). The second-order valence-corrected chi connectivity index (χ2v) is 6.14. The van der Waals surface area contributed by atoms with Crippen molar-refractivity contribution in [3.8, 4) is 5.75 Å². The van der Waals surface area contributed by atoms with Crippen LogP contribution in [0.4, 0.5) is 4.79 Å². The first kappa shape index (κ1) is 16.6. The maximum absolute atomic E-state index is 11.0. The zero-order valence-corrected chi connectivity index (χ0v) is 13.5. The lowest BCUT2D eigenvalue weighted by Gasteiger charge is -2.36. The number of carbonyl (C=O) groups is 1. The van der Waals surface area contributed by atoms with Crippen LogP contribution < -0.4 is 15.8 Å². The van der Waals surface area contributed by atoms with Gasteiger partial charge in [0.05, 0.1) is 6.10 Å². The quantitative estimate of drug-likeness (QED) is 0.848. The van der Waals surface area contributed by atoms with Gasteiger partial charge in [0.15, 0.2) is 0 Å². The Balaban J connectivity index is 2.05. The molecule has 1 fully saturated rings. The molecule has 1 unspecified atom stereocenters. The van der Waals surface area contributed by atoms with E-state index >= 15 is 0 Å². The fourth-order valence-electron chi connectivity index (χ4n) is 2.94. The molecule has 0 saturated carbocycles. The van der Waals surface area contributed by atoms with Crippen molar-refractivity contribution < 1.29 is 9.53 Å². The number of nitrogens with two attached hydrogens (primary N) is 1. The number of carbonyl (C=O) groups excluding carboxylic acids is 1. The van der Waals surface area contributed by atoms with E-state index in [4.69, 9.17) is 10.5 Å². The van der Waals surface area contributed by atoms with Gasteiger partial charge >= 0.3 is 6.03 Å². The first-order chi connectivity index (χ1) is 10.6. The van der Waals surface area contributed by atoms with Crippen molar-refractivity contribution in [2.45, 2.75) is 51.8 Å². The molecule has 0 aromatic heterocycles. The molecule has 2 amide bonds.